The van der Waals surface area contributed by atoms with E-state index in [9.17, 15) is 4.79 Å². The molecule has 0 saturated heterocycles. The van der Waals surface area contributed by atoms with Crippen molar-refractivity contribution in [2.45, 2.75) is 45.8 Å². The van der Waals surface area contributed by atoms with Gasteiger partial charge in [-0.15, -0.1) is 10.2 Å². The Morgan fingerprint density at radius 3 is 2.65 bits per heavy atom. The van der Waals surface area contributed by atoms with Crippen molar-refractivity contribution in [3.05, 3.63) is 65.4 Å². The SMILES string of the molecule is Cc1ccc(-c2cc3c(n4cnnc24)N(C(=O)OC(C)(C)C)Cc2c(F)ccc4c2[C@H](CO4)CO3)nc1. The summed E-state index contributed by atoms with van der Waals surface area (Å²) in [6.45, 7) is 7.80. The predicted octanol–water partition coefficient (Wildman–Crippen LogP) is 5.05. The third kappa shape index (κ3) is 4.02. The number of aryl methyl sites for hydroxylation is 1. The quantitative estimate of drug-likeness (QED) is 0.359. The number of carbonyl (C=O) groups excluding carboxylic acids is 1. The van der Waals surface area contributed by atoms with Crippen molar-refractivity contribution in [3.8, 4) is 22.8 Å². The Hall–Kier alpha value is -4.21. The summed E-state index contributed by atoms with van der Waals surface area (Å²) in [4.78, 5) is 19.6. The molecule has 0 saturated carbocycles. The molecule has 0 N–H and O–H groups in total. The van der Waals surface area contributed by atoms with Crippen LogP contribution in [0, 0.1) is 12.7 Å². The van der Waals surface area contributed by atoms with E-state index in [1.165, 1.54) is 17.3 Å². The highest BCUT2D eigenvalue weighted by Crippen LogP contribution is 2.43. The van der Waals surface area contributed by atoms with Gasteiger partial charge in [0.15, 0.2) is 17.2 Å². The van der Waals surface area contributed by atoms with Gasteiger partial charge in [0.05, 0.1) is 31.4 Å². The molecule has 0 aliphatic carbocycles. The molecule has 0 bridgehead atoms. The van der Waals surface area contributed by atoms with Crippen molar-refractivity contribution in [3.63, 3.8) is 0 Å². The van der Waals surface area contributed by atoms with Crippen LogP contribution in [-0.2, 0) is 11.3 Å². The molecule has 10 heteroatoms. The van der Waals surface area contributed by atoms with Gasteiger partial charge in [0.2, 0.25) is 0 Å². The minimum atomic E-state index is -0.780. The van der Waals surface area contributed by atoms with Crippen molar-refractivity contribution in [2.24, 2.45) is 0 Å². The van der Waals surface area contributed by atoms with E-state index in [1.807, 2.05) is 19.1 Å². The van der Waals surface area contributed by atoms with Crippen LogP contribution >= 0.6 is 0 Å². The van der Waals surface area contributed by atoms with E-state index >= 15 is 4.39 Å². The molecule has 2 aliphatic rings. The van der Waals surface area contributed by atoms with Gasteiger partial charge in [-0.25, -0.2) is 9.18 Å². The van der Waals surface area contributed by atoms with E-state index < -0.39 is 17.5 Å². The summed E-state index contributed by atoms with van der Waals surface area (Å²) < 4.78 is 34.9. The van der Waals surface area contributed by atoms with Crippen LogP contribution in [0.3, 0.4) is 0 Å². The lowest BCUT2D eigenvalue weighted by atomic mass is 9.95. The van der Waals surface area contributed by atoms with Crippen LogP contribution in [0.1, 0.15) is 43.4 Å². The number of pyridine rings is 2. The van der Waals surface area contributed by atoms with E-state index in [-0.39, 0.29) is 19.1 Å². The van der Waals surface area contributed by atoms with Crippen LogP contribution in [-0.4, -0.2) is 44.5 Å². The highest BCUT2D eigenvalue weighted by Gasteiger charge is 2.37. The van der Waals surface area contributed by atoms with Gasteiger partial charge in [-0.1, -0.05) is 6.07 Å². The van der Waals surface area contributed by atoms with Crippen LogP contribution in [0.4, 0.5) is 15.0 Å². The number of amides is 1. The molecule has 0 spiro atoms. The number of hydrogen-bond donors (Lipinski definition) is 0. The van der Waals surface area contributed by atoms with Gasteiger partial charge in [0, 0.05) is 22.9 Å². The third-order valence-electron chi connectivity index (χ3n) is 6.43. The van der Waals surface area contributed by atoms with Gasteiger partial charge < -0.3 is 14.2 Å². The average molecular weight is 504 g/mol. The number of nitrogens with zero attached hydrogens (tertiary/aromatic N) is 5. The predicted molar refractivity (Wildman–Crippen MR) is 134 cm³/mol. The smallest absolute Gasteiger partial charge is 0.416 e. The Bertz CT molecular complexity index is 1530. The molecule has 9 nitrogen and oxygen atoms in total. The second kappa shape index (κ2) is 8.43. The monoisotopic (exact) mass is 503 g/mol. The van der Waals surface area contributed by atoms with Gasteiger partial charge in [0.1, 0.15) is 23.5 Å². The summed E-state index contributed by atoms with van der Waals surface area (Å²) in [6.07, 6.45) is 2.63. The van der Waals surface area contributed by atoms with E-state index in [1.54, 1.807) is 43.5 Å². The molecular formula is C27H26FN5O4. The highest BCUT2D eigenvalue weighted by molar-refractivity contribution is 5.91. The standard InChI is InChI=1S/C27H26FN5O4/c1-15-5-7-20(29-10-15)17-9-22-25(33-14-30-31-24(17)33)32(26(34)37-27(2,3)4)11-18-19(28)6-8-21-23(18)16(12-35-21)13-36-22/h5-10,14,16H,11-13H2,1-4H3/t16-/m1/s1. The Labute approximate surface area is 212 Å². The van der Waals surface area contributed by atoms with Crippen LogP contribution in [0.15, 0.2) is 42.9 Å². The molecule has 5 heterocycles. The zero-order valence-corrected chi connectivity index (χ0v) is 21.0. The Kier molecular flexibility index (Phi) is 5.29. The van der Waals surface area contributed by atoms with Crippen molar-refractivity contribution in [2.75, 3.05) is 18.1 Å². The number of aromatic nitrogens is 4. The van der Waals surface area contributed by atoms with Gasteiger partial charge >= 0.3 is 6.09 Å². The van der Waals surface area contributed by atoms with Gasteiger partial charge in [-0.3, -0.25) is 14.3 Å². The molecule has 6 rings (SSSR count). The van der Waals surface area contributed by atoms with Crippen molar-refractivity contribution < 1.29 is 23.4 Å². The van der Waals surface area contributed by atoms with Crippen molar-refractivity contribution >= 4 is 17.6 Å². The number of hydrogen-bond acceptors (Lipinski definition) is 7. The fraction of sp³-hybridized carbons (Fsp3) is 0.333. The van der Waals surface area contributed by atoms with Gasteiger partial charge in [-0.2, -0.15) is 0 Å². The maximum atomic E-state index is 15.3. The minimum absolute atomic E-state index is 0.0877. The topological polar surface area (TPSA) is 91.1 Å². The van der Waals surface area contributed by atoms with E-state index in [2.05, 4.69) is 15.2 Å². The summed E-state index contributed by atoms with van der Waals surface area (Å²) >= 11 is 0. The van der Waals surface area contributed by atoms with E-state index in [0.29, 0.717) is 52.0 Å². The first-order valence-corrected chi connectivity index (χ1v) is 12.1. The zero-order valence-electron chi connectivity index (χ0n) is 21.0. The van der Waals surface area contributed by atoms with Crippen LogP contribution in [0.5, 0.6) is 11.5 Å². The summed E-state index contributed by atoms with van der Waals surface area (Å²) in [5.41, 5.74) is 3.17. The second-order valence-corrected chi connectivity index (χ2v) is 10.3. The maximum Gasteiger partial charge on any atom is 0.416 e. The number of anilines is 1. The molecule has 0 fully saturated rings. The molecule has 37 heavy (non-hydrogen) atoms. The second-order valence-electron chi connectivity index (χ2n) is 10.3. The fourth-order valence-electron chi connectivity index (χ4n) is 4.78. The van der Waals surface area contributed by atoms with Gasteiger partial charge in [0.25, 0.3) is 0 Å². The van der Waals surface area contributed by atoms with Crippen LogP contribution < -0.4 is 14.4 Å². The minimum Gasteiger partial charge on any atom is -0.493 e. The summed E-state index contributed by atoms with van der Waals surface area (Å²) in [5.74, 6) is 0.718. The highest BCUT2D eigenvalue weighted by atomic mass is 19.1. The lowest BCUT2D eigenvalue weighted by Crippen LogP contribution is -2.38. The normalized spacial score (nSPS) is 16.7. The summed E-state index contributed by atoms with van der Waals surface area (Å²) in [7, 11) is 0. The molecule has 3 aromatic heterocycles. The molecule has 1 atom stereocenters. The lowest BCUT2D eigenvalue weighted by Gasteiger charge is -2.29. The molecule has 1 amide bonds. The lowest BCUT2D eigenvalue weighted by molar-refractivity contribution is 0.0574. The number of rotatable bonds is 1. The molecule has 2 aliphatic heterocycles. The van der Waals surface area contributed by atoms with Gasteiger partial charge in [-0.05, 0) is 57.5 Å². The Balaban J connectivity index is 1.59. The largest absolute Gasteiger partial charge is 0.493 e. The average Bonchev–Trinajstić information content (AvgIpc) is 3.49. The number of benzene rings is 1. The molecule has 190 valence electrons. The Morgan fingerprint density at radius 1 is 1.14 bits per heavy atom. The van der Waals surface area contributed by atoms with E-state index in [0.717, 1.165) is 5.56 Å². The molecular weight excluding hydrogens is 477 g/mol. The first-order valence-electron chi connectivity index (χ1n) is 12.1. The number of fused-ring (bicyclic) bond motifs is 3. The molecule has 4 aromatic rings. The van der Waals surface area contributed by atoms with Crippen molar-refractivity contribution in [1.82, 2.24) is 19.6 Å². The van der Waals surface area contributed by atoms with Crippen LogP contribution in [0.2, 0.25) is 0 Å². The van der Waals surface area contributed by atoms with Crippen LogP contribution in [0.25, 0.3) is 16.9 Å². The first kappa shape index (κ1) is 23.2. The molecule has 0 unspecified atom stereocenters. The summed E-state index contributed by atoms with van der Waals surface area (Å²) in [6, 6.07) is 8.65. The summed E-state index contributed by atoms with van der Waals surface area (Å²) in [5, 5.41) is 8.44. The first-order chi connectivity index (χ1) is 17.7. The fourth-order valence-corrected chi connectivity index (χ4v) is 4.78. The third-order valence-corrected chi connectivity index (χ3v) is 6.43. The maximum absolute atomic E-state index is 15.3. The number of ether oxygens (including phenoxy) is 3. The zero-order chi connectivity index (χ0) is 25.9. The Morgan fingerprint density at radius 2 is 1.92 bits per heavy atom. The van der Waals surface area contributed by atoms with E-state index in [4.69, 9.17) is 14.2 Å². The number of carbonyl (C=O) groups is 1. The molecule has 1 aromatic carbocycles. The number of halogens is 1. The molecule has 0 radical (unpaired) electrons. The van der Waals surface area contributed by atoms with Crippen molar-refractivity contribution in [1.29, 1.82) is 0 Å².